The highest BCUT2D eigenvalue weighted by Crippen LogP contribution is 2.24. The highest BCUT2D eigenvalue weighted by Gasteiger charge is 2.13. The zero-order valence-corrected chi connectivity index (χ0v) is 6.08. The molecule has 1 fully saturated rings. The second-order valence-electron chi connectivity index (χ2n) is 2.13. The fourth-order valence-electron chi connectivity index (χ4n) is 0.965. The summed E-state index contributed by atoms with van der Waals surface area (Å²) in [5.74, 6) is 1.28. The summed E-state index contributed by atoms with van der Waals surface area (Å²) in [4.78, 5) is 0. The first-order valence-corrected chi connectivity index (χ1v) is 4.22. The van der Waals surface area contributed by atoms with Crippen molar-refractivity contribution in [2.45, 2.75) is 18.1 Å². The van der Waals surface area contributed by atoms with Gasteiger partial charge >= 0.3 is 0 Å². The van der Waals surface area contributed by atoms with Crippen LogP contribution in [0.3, 0.4) is 0 Å². The van der Waals surface area contributed by atoms with E-state index in [2.05, 4.69) is 5.32 Å². The van der Waals surface area contributed by atoms with Crippen LogP contribution in [-0.4, -0.2) is 17.5 Å². The second kappa shape index (κ2) is 3.62. The molecule has 0 saturated carbocycles. The van der Waals surface area contributed by atoms with Gasteiger partial charge in [-0.15, -0.1) is 0 Å². The summed E-state index contributed by atoms with van der Waals surface area (Å²) >= 11 is 1.97. The average molecular weight is 142 g/mol. The highest BCUT2D eigenvalue weighted by molar-refractivity contribution is 8.00. The third-order valence-electron chi connectivity index (χ3n) is 1.43. The van der Waals surface area contributed by atoms with Gasteiger partial charge in [0.25, 0.3) is 0 Å². The van der Waals surface area contributed by atoms with Crippen LogP contribution in [-0.2, 0) is 0 Å². The van der Waals surface area contributed by atoms with Crippen LogP contribution < -0.4 is 5.32 Å². The fourth-order valence-corrected chi connectivity index (χ4v) is 2.17. The first-order chi connectivity index (χ1) is 4.43. The summed E-state index contributed by atoms with van der Waals surface area (Å²) in [5.41, 5.74) is 0. The molecule has 0 spiro atoms. The van der Waals surface area contributed by atoms with Crippen LogP contribution in [0.25, 0.3) is 0 Å². The van der Waals surface area contributed by atoms with Crippen molar-refractivity contribution >= 4 is 11.8 Å². The van der Waals surface area contributed by atoms with Crippen LogP contribution in [0.5, 0.6) is 0 Å². The molecule has 2 nitrogen and oxygen atoms in total. The van der Waals surface area contributed by atoms with Gasteiger partial charge in [0.1, 0.15) is 0 Å². The fraction of sp³-hybridized carbons (Fsp3) is 0.833. The molecule has 0 aromatic carbocycles. The predicted octanol–water partition coefficient (Wildman–Crippen LogP) is 0.953. The monoisotopic (exact) mass is 142 g/mol. The van der Waals surface area contributed by atoms with E-state index in [0.717, 1.165) is 6.54 Å². The van der Waals surface area contributed by atoms with Gasteiger partial charge in [0.15, 0.2) is 6.19 Å². The van der Waals surface area contributed by atoms with Gasteiger partial charge in [-0.05, 0) is 18.6 Å². The number of rotatable bonds is 2. The zero-order chi connectivity index (χ0) is 6.53. The molecule has 1 aliphatic heterocycles. The first kappa shape index (κ1) is 6.76. The Morgan fingerprint density at radius 1 is 1.78 bits per heavy atom. The molecule has 0 aliphatic carbocycles. The Balaban J connectivity index is 2.06. The molecule has 1 saturated heterocycles. The van der Waals surface area contributed by atoms with Gasteiger partial charge in [-0.3, -0.25) is 0 Å². The average Bonchev–Trinajstić information content (AvgIpc) is 2.34. The van der Waals surface area contributed by atoms with E-state index in [1.165, 1.54) is 18.6 Å². The molecular formula is C6H10N2S. The Kier molecular flexibility index (Phi) is 2.72. The van der Waals surface area contributed by atoms with Gasteiger partial charge in [0, 0.05) is 11.8 Å². The van der Waals surface area contributed by atoms with Gasteiger partial charge < -0.3 is 5.32 Å². The minimum Gasteiger partial charge on any atom is -0.323 e. The molecule has 0 aromatic heterocycles. The van der Waals surface area contributed by atoms with Crippen molar-refractivity contribution in [3.8, 4) is 6.19 Å². The lowest BCUT2D eigenvalue weighted by Crippen LogP contribution is -2.17. The van der Waals surface area contributed by atoms with Crippen molar-refractivity contribution in [3.63, 3.8) is 0 Å². The van der Waals surface area contributed by atoms with Crippen molar-refractivity contribution < 1.29 is 0 Å². The van der Waals surface area contributed by atoms with E-state index >= 15 is 0 Å². The molecule has 0 amide bonds. The van der Waals surface area contributed by atoms with Crippen molar-refractivity contribution in [2.24, 2.45) is 0 Å². The van der Waals surface area contributed by atoms with Gasteiger partial charge in [-0.1, -0.05) is 0 Å². The van der Waals surface area contributed by atoms with E-state index in [9.17, 15) is 0 Å². The standard InChI is InChI=1S/C6H10N2S/c7-5-8-4-6-2-1-3-9-6/h6,8H,1-4H2. The maximum Gasteiger partial charge on any atom is 0.176 e. The summed E-state index contributed by atoms with van der Waals surface area (Å²) in [7, 11) is 0. The summed E-state index contributed by atoms with van der Waals surface area (Å²) in [6.07, 6.45) is 4.53. The molecule has 9 heavy (non-hydrogen) atoms. The van der Waals surface area contributed by atoms with E-state index in [1.807, 2.05) is 18.0 Å². The molecule has 1 atom stereocenters. The third kappa shape index (κ3) is 2.15. The normalized spacial score (nSPS) is 25.4. The zero-order valence-electron chi connectivity index (χ0n) is 5.26. The first-order valence-electron chi connectivity index (χ1n) is 3.17. The Morgan fingerprint density at radius 2 is 2.67 bits per heavy atom. The smallest absolute Gasteiger partial charge is 0.176 e. The van der Waals surface area contributed by atoms with E-state index in [1.54, 1.807) is 0 Å². The number of nitriles is 1. The Bertz CT molecular complexity index is 113. The molecule has 0 bridgehead atoms. The number of hydrogen-bond donors (Lipinski definition) is 1. The second-order valence-corrected chi connectivity index (χ2v) is 3.54. The maximum atomic E-state index is 8.16. The molecule has 0 radical (unpaired) electrons. The topological polar surface area (TPSA) is 35.8 Å². The molecule has 1 rings (SSSR count). The summed E-state index contributed by atoms with van der Waals surface area (Å²) in [6.45, 7) is 0.862. The lowest BCUT2D eigenvalue weighted by Gasteiger charge is -2.03. The van der Waals surface area contributed by atoms with Crippen LogP contribution in [0.1, 0.15) is 12.8 Å². The van der Waals surface area contributed by atoms with Crippen LogP contribution in [0, 0.1) is 11.5 Å². The molecule has 50 valence electrons. The molecule has 0 aromatic rings. The number of thioether (sulfide) groups is 1. The van der Waals surface area contributed by atoms with E-state index in [0.29, 0.717) is 5.25 Å². The number of hydrogen-bond acceptors (Lipinski definition) is 3. The van der Waals surface area contributed by atoms with Crippen molar-refractivity contribution in [2.75, 3.05) is 12.3 Å². The molecule has 1 aliphatic rings. The minimum atomic E-state index is 0.699. The third-order valence-corrected chi connectivity index (χ3v) is 2.83. The molecule has 1 N–H and O–H groups in total. The van der Waals surface area contributed by atoms with Crippen LogP contribution in [0.15, 0.2) is 0 Å². The molecule has 1 heterocycles. The van der Waals surface area contributed by atoms with Crippen molar-refractivity contribution in [1.29, 1.82) is 5.26 Å². The largest absolute Gasteiger partial charge is 0.323 e. The van der Waals surface area contributed by atoms with Gasteiger partial charge in [-0.2, -0.15) is 17.0 Å². The van der Waals surface area contributed by atoms with Crippen LogP contribution in [0.2, 0.25) is 0 Å². The van der Waals surface area contributed by atoms with Crippen molar-refractivity contribution in [3.05, 3.63) is 0 Å². The summed E-state index contributed by atoms with van der Waals surface area (Å²) < 4.78 is 0. The minimum absolute atomic E-state index is 0.699. The highest BCUT2D eigenvalue weighted by atomic mass is 32.2. The quantitative estimate of drug-likeness (QED) is 0.460. The van der Waals surface area contributed by atoms with Crippen LogP contribution >= 0.6 is 11.8 Å². The summed E-state index contributed by atoms with van der Waals surface area (Å²) in [6, 6.07) is 0. The lowest BCUT2D eigenvalue weighted by molar-refractivity contribution is 0.737. The van der Waals surface area contributed by atoms with E-state index < -0.39 is 0 Å². The number of nitrogens with one attached hydrogen (secondary N) is 1. The Labute approximate surface area is 59.6 Å². The Morgan fingerprint density at radius 3 is 3.22 bits per heavy atom. The van der Waals surface area contributed by atoms with E-state index in [4.69, 9.17) is 5.26 Å². The van der Waals surface area contributed by atoms with E-state index in [-0.39, 0.29) is 0 Å². The molecule has 3 heteroatoms. The maximum absolute atomic E-state index is 8.16. The van der Waals surface area contributed by atoms with Gasteiger partial charge in [0.2, 0.25) is 0 Å². The summed E-state index contributed by atoms with van der Waals surface area (Å²) in [5, 5.41) is 11.5. The SMILES string of the molecule is N#CNCC1CCCS1. The van der Waals surface area contributed by atoms with Crippen molar-refractivity contribution in [1.82, 2.24) is 5.32 Å². The van der Waals surface area contributed by atoms with Gasteiger partial charge in [-0.25, -0.2) is 0 Å². The number of nitrogens with zero attached hydrogens (tertiary/aromatic N) is 1. The Hall–Kier alpha value is -0.360. The molecular weight excluding hydrogens is 132 g/mol. The lowest BCUT2D eigenvalue weighted by atomic mass is 10.2. The van der Waals surface area contributed by atoms with Gasteiger partial charge in [0.05, 0.1) is 0 Å². The predicted molar refractivity (Wildman–Crippen MR) is 39.1 cm³/mol. The molecule has 1 unspecified atom stereocenters. The van der Waals surface area contributed by atoms with Crippen LogP contribution in [0.4, 0.5) is 0 Å².